The van der Waals surface area contributed by atoms with Crippen LogP contribution in [0.4, 0.5) is 5.82 Å². The average Bonchev–Trinajstić information content (AvgIpc) is 3.13. The number of hydrogen-bond donors (Lipinski definition) is 2. The third-order valence-corrected chi connectivity index (χ3v) is 4.43. The van der Waals surface area contributed by atoms with Crippen molar-refractivity contribution in [3.63, 3.8) is 0 Å². The van der Waals surface area contributed by atoms with Crippen molar-refractivity contribution in [2.75, 3.05) is 31.5 Å². The molecule has 1 unspecified atom stereocenters. The van der Waals surface area contributed by atoms with Crippen LogP contribution in [0.2, 0.25) is 0 Å². The van der Waals surface area contributed by atoms with E-state index in [-0.39, 0.29) is 24.3 Å². The number of hydrogen-bond acceptors (Lipinski definition) is 6. The number of carbonyl (C=O) groups excluding carboxylic acids is 2. The van der Waals surface area contributed by atoms with E-state index in [1.807, 2.05) is 17.9 Å². The van der Waals surface area contributed by atoms with Gasteiger partial charge in [-0.25, -0.2) is 4.98 Å². The summed E-state index contributed by atoms with van der Waals surface area (Å²) in [6.45, 7) is 4.32. The van der Waals surface area contributed by atoms with E-state index in [9.17, 15) is 9.59 Å². The van der Waals surface area contributed by atoms with Gasteiger partial charge in [0, 0.05) is 32.4 Å². The molecule has 1 fully saturated rings. The van der Waals surface area contributed by atoms with Gasteiger partial charge in [-0.15, -0.1) is 0 Å². The van der Waals surface area contributed by atoms with Gasteiger partial charge in [0.25, 0.3) is 12.4 Å². The maximum absolute atomic E-state index is 12.4. The zero-order valence-electron chi connectivity index (χ0n) is 15.7. The summed E-state index contributed by atoms with van der Waals surface area (Å²) in [4.78, 5) is 41.3. The van der Waals surface area contributed by atoms with Crippen molar-refractivity contribution in [1.82, 2.24) is 14.8 Å². The molecule has 150 valence electrons. The van der Waals surface area contributed by atoms with Crippen molar-refractivity contribution >= 4 is 24.1 Å². The first-order valence-electron chi connectivity index (χ1n) is 8.92. The molecule has 2 aromatic rings. The lowest BCUT2D eigenvalue weighted by Gasteiger charge is -2.26. The van der Waals surface area contributed by atoms with Gasteiger partial charge in [0.05, 0.1) is 17.9 Å². The largest absolute Gasteiger partial charge is 0.483 e. The Bertz CT molecular complexity index is 751. The molecular formula is C19H24N4O5. The van der Waals surface area contributed by atoms with Crippen molar-refractivity contribution in [2.45, 2.75) is 19.4 Å². The van der Waals surface area contributed by atoms with Crippen LogP contribution in [0, 0.1) is 0 Å². The molecule has 1 aliphatic heterocycles. The Morgan fingerprint density at radius 2 is 2.04 bits per heavy atom. The highest BCUT2D eigenvalue weighted by Gasteiger charge is 2.26. The molecule has 3 heterocycles. The highest BCUT2D eigenvalue weighted by molar-refractivity contribution is 5.94. The molecule has 0 aliphatic carbocycles. The van der Waals surface area contributed by atoms with Gasteiger partial charge in [0.15, 0.2) is 0 Å². The molecule has 9 heteroatoms. The first kappa shape index (κ1) is 21.1. The standard InChI is InChI=1S/C18H22N4O3.CH2O2/c1-14(17(23)20-16-5-2-3-7-19-16)21-8-4-9-22(11-10-21)18(24)15-6-12-25-13-15;2-1-3/h2-3,5-7,12-14H,4,8-11H2,1H3,(H,19,20,23);1H,(H,2,3). The summed E-state index contributed by atoms with van der Waals surface area (Å²) in [6, 6.07) is 6.79. The molecule has 1 aliphatic rings. The van der Waals surface area contributed by atoms with Crippen LogP contribution < -0.4 is 5.32 Å². The van der Waals surface area contributed by atoms with Crippen molar-refractivity contribution in [3.8, 4) is 0 Å². The lowest BCUT2D eigenvalue weighted by molar-refractivity contribution is -0.123. The lowest BCUT2D eigenvalue weighted by Crippen LogP contribution is -2.44. The van der Waals surface area contributed by atoms with E-state index in [0.717, 1.165) is 13.0 Å². The van der Waals surface area contributed by atoms with E-state index < -0.39 is 0 Å². The van der Waals surface area contributed by atoms with Crippen LogP contribution in [0.1, 0.15) is 23.7 Å². The predicted octanol–water partition coefficient (Wildman–Crippen LogP) is 1.55. The molecular weight excluding hydrogens is 364 g/mol. The second-order valence-electron chi connectivity index (χ2n) is 6.18. The van der Waals surface area contributed by atoms with Crippen LogP contribution in [-0.2, 0) is 9.59 Å². The predicted molar refractivity (Wildman–Crippen MR) is 102 cm³/mol. The highest BCUT2D eigenvalue weighted by Crippen LogP contribution is 2.12. The molecule has 0 saturated carbocycles. The minimum atomic E-state index is -0.286. The summed E-state index contributed by atoms with van der Waals surface area (Å²) in [5.41, 5.74) is 0.564. The van der Waals surface area contributed by atoms with Crippen LogP contribution in [0.3, 0.4) is 0 Å². The fourth-order valence-electron chi connectivity index (χ4n) is 2.93. The number of anilines is 1. The maximum atomic E-state index is 12.4. The second-order valence-corrected chi connectivity index (χ2v) is 6.18. The molecule has 3 rings (SSSR count). The third kappa shape index (κ3) is 5.92. The minimum Gasteiger partial charge on any atom is -0.483 e. The van der Waals surface area contributed by atoms with Crippen LogP contribution in [0.5, 0.6) is 0 Å². The molecule has 9 nitrogen and oxygen atoms in total. The monoisotopic (exact) mass is 388 g/mol. The fourth-order valence-corrected chi connectivity index (χ4v) is 2.93. The smallest absolute Gasteiger partial charge is 0.290 e. The molecule has 1 atom stereocenters. The molecule has 2 aromatic heterocycles. The summed E-state index contributed by atoms with van der Waals surface area (Å²) in [5.74, 6) is 0.431. The molecule has 0 spiro atoms. The molecule has 0 aromatic carbocycles. The van der Waals surface area contributed by atoms with E-state index in [1.54, 1.807) is 24.4 Å². The topological polar surface area (TPSA) is 116 Å². The molecule has 1 saturated heterocycles. The Morgan fingerprint density at radius 1 is 1.25 bits per heavy atom. The van der Waals surface area contributed by atoms with Crippen molar-refractivity contribution < 1.29 is 23.9 Å². The van der Waals surface area contributed by atoms with Gasteiger partial charge in [-0.05, 0) is 31.5 Å². The van der Waals surface area contributed by atoms with Gasteiger partial charge in [-0.1, -0.05) is 6.07 Å². The van der Waals surface area contributed by atoms with Crippen LogP contribution in [-0.4, -0.2) is 70.4 Å². The zero-order valence-corrected chi connectivity index (χ0v) is 15.7. The zero-order chi connectivity index (χ0) is 20.4. The van der Waals surface area contributed by atoms with E-state index in [1.165, 1.54) is 12.5 Å². The van der Waals surface area contributed by atoms with E-state index >= 15 is 0 Å². The number of furan rings is 1. The third-order valence-electron chi connectivity index (χ3n) is 4.43. The lowest BCUT2D eigenvalue weighted by atomic mass is 10.2. The quantitative estimate of drug-likeness (QED) is 0.764. The molecule has 0 bridgehead atoms. The number of nitrogens with one attached hydrogen (secondary N) is 1. The minimum absolute atomic E-state index is 0.0267. The SMILES string of the molecule is CC(C(=O)Nc1ccccn1)N1CCCN(C(=O)c2ccoc2)CC1.O=CO. The van der Waals surface area contributed by atoms with E-state index in [0.29, 0.717) is 31.0 Å². The summed E-state index contributed by atoms with van der Waals surface area (Å²) in [5, 5.41) is 9.72. The van der Waals surface area contributed by atoms with Gasteiger partial charge >= 0.3 is 0 Å². The normalized spacial score (nSPS) is 15.5. The van der Waals surface area contributed by atoms with Gasteiger partial charge < -0.3 is 19.7 Å². The van der Waals surface area contributed by atoms with Gasteiger partial charge in [0.1, 0.15) is 12.1 Å². The first-order chi connectivity index (χ1) is 13.6. The van der Waals surface area contributed by atoms with Gasteiger partial charge in [-0.2, -0.15) is 0 Å². The highest BCUT2D eigenvalue weighted by atomic mass is 16.3. The molecule has 2 amide bonds. The van der Waals surface area contributed by atoms with Crippen LogP contribution in [0.25, 0.3) is 0 Å². The first-order valence-corrected chi connectivity index (χ1v) is 8.92. The summed E-state index contributed by atoms with van der Waals surface area (Å²) in [7, 11) is 0. The molecule has 0 radical (unpaired) electrons. The Kier molecular flexibility index (Phi) is 8.16. The van der Waals surface area contributed by atoms with Crippen LogP contribution >= 0.6 is 0 Å². The number of rotatable bonds is 4. The Balaban J connectivity index is 0.000000878. The fraction of sp³-hybridized carbons (Fsp3) is 0.368. The number of nitrogens with zero attached hydrogens (tertiary/aromatic N) is 3. The van der Waals surface area contributed by atoms with Gasteiger partial charge in [-0.3, -0.25) is 19.3 Å². The van der Waals surface area contributed by atoms with Crippen molar-refractivity contribution in [2.24, 2.45) is 0 Å². The number of aromatic nitrogens is 1. The number of amides is 2. The summed E-state index contributed by atoms with van der Waals surface area (Å²) < 4.78 is 4.99. The summed E-state index contributed by atoms with van der Waals surface area (Å²) in [6.07, 6.45) is 5.44. The average molecular weight is 388 g/mol. The number of pyridine rings is 1. The Hall–Kier alpha value is -3.20. The van der Waals surface area contributed by atoms with Crippen LogP contribution in [0.15, 0.2) is 47.4 Å². The summed E-state index contributed by atoms with van der Waals surface area (Å²) >= 11 is 0. The maximum Gasteiger partial charge on any atom is 0.290 e. The Labute approximate surface area is 163 Å². The van der Waals surface area contributed by atoms with Gasteiger partial charge in [0.2, 0.25) is 5.91 Å². The molecule has 2 N–H and O–H groups in total. The number of carboxylic acid groups (broad SMARTS) is 1. The van der Waals surface area contributed by atoms with E-state index in [4.69, 9.17) is 14.3 Å². The van der Waals surface area contributed by atoms with Crippen molar-refractivity contribution in [1.29, 1.82) is 0 Å². The Morgan fingerprint density at radius 3 is 2.68 bits per heavy atom. The number of carbonyl (C=O) groups is 3. The van der Waals surface area contributed by atoms with Crippen molar-refractivity contribution in [3.05, 3.63) is 48.6 Å². The second kappa shape index (κ2) is 10.8. The molecule has 28 heavy (non-hydrogen) atoms. The van der Waals surface area contributed by atoms with E-state index in [2.05, 4.69) is 15.2 Å².